The average molecular weight is 264 g/mol. The van der Waals surface area contributed by atoms with E-state index in [1.807, 2.05) is 0 Å². The summed E-state index contributed by atoms with van der Waals surface area (Å²) in [5.74, 6) is -1.02. The van der Waals surface area contributed by atoms with Crippen LogP contribution in [0.4, 0.5) is 4.39 Å². The minimum absolute atomic E-state index is 0.0673. The van der Waals surface area contributed by atoms with Crippen LogP contribution in [0.25, 0.3) is 0 Å². The van der Waals surface area contributed by atoms with Gasteiger partial charge in [-0.1, -0.05) is 23.2 Å². The summed E-state index contributed by atoms with van der Waals surface area (Å²) in [5.41, 5.74) is 0. The molecule has 0 fully saturated rings. The molecule has 7 heteroatoms. The van der Waals surface area contributed by atoms with Gasteiger partial charge in [-0.2, -0.15) is 0 Å². The summed E-state index contributed by atoms with van der Waals surface area (Å²) in [7, 11) is 0.724. The van der Waals surface area contributed by atoms with Crippen LogP contribution in [-0.4, -0.2) is 8.42 Å². The summed E-state index contributed by atoms with van der Waals surface area (Å²) >= 11 is 10.9. The molecule has 0 saturated carbocycles. The molecule has 0 radical (unpaired) electrons. The van der Waals surface area contributed by atoms with Crippen molar-refractivity contribution in [3.63, 3.8) is 0 Å². The summed E-state index contributed by atoms with van der Waals surface area (Å²) in [5, 5.41) is -0.473. The Balaban J connectivity index is 3.62. The molecule has 0 unspecified atom stereocenters. The lowest BCUT2D eigenvalue weighted by Crippen LogP contribution is -1.96. The number of hydrogen-bond acceptors (Lipinski definition) is 2. The first-order chi connectivity index (χ1) is 5.84. The standard InChI is InChI=1S/C6H2Cl3FO2S/c7-3-1-2-4(10)6(5(3)8)13(9,11)12/h1-2H. The van der Waals surface area contributed by atoms with Gasteiger partial charge < -0.3 is 0 Å². The Morgan fingerprint density at radius 2 is 1.77 bits per heavy atom. The minimum Gasteiger partial charge on any atom is -0.207 e. The van der Waals surface area contributed by atoms with Gasteiger partial charge in [0.15, 0.2) is 0 Å². The Kier molecular flexibility index (Phi) is 3.07. The molecule has 0 atom stereocenters. The van der Waals surface area contributed by atoms with Crippen molar-refractivity contribution in [1.82, 2.24) is 0 Å². The average Bonchev–Trinajstić information content (AvgIpc) is 1.95. The summed E-state index contributed by atoms with van der Waals surface area (Å²) in [6.45, 7) is 0. The van der Waals surface area contributed by atoms with Crippen molar-refractivity contribution in [1.29, 1.82) is 0 Å². The van der Waals surface area contributed by atoms with E-state index in [0.29, 0.717) is 0 Å². The predicted molar refractivity (Wildman–Crippen MR) is 49.5 cm³/mol. The van der Waals surface area contributed by atoms with Crippen LogP contribution in [0.5, 0.6) is 0 Å². The normalized spacial score (nSPS) is 11.7. The van der Waals surface area contributed by atoms with E-state index in [0.717, 1.165) is 12.1 Å². The molecule has 1 aromatic carbocycles. The second-order valence-electron chi connectivity index (χ2n) is 2.11. The first-order valence-electron chi connectivity index (χ1n) is 2.92. The van der Waals surface area contributed by atoms with Crippen LogP contribution in [0, 0.1) is 5.82 Å². The van der Waals surface area contributed by atoms with Crippen LogP contribution < -0.4 is 0 Å². The van der Waals surface area contributed by atoms with Crippen LogP contribution in [0.2, 0.25) is 10.0 Å². The van der Waals surface area contributed by atoms with E-state index in [-0.39, 0.29) is 5.02 Å². The Bertz CT molecular complexity index is 443. The van der Waals surface area contributed by atoms with Gasteiger partial charge in [0.05, 0.1) is 10.0 Å². The van der Waals surface area contributed by atoms with Crippen molar-refractivity contribution in [3.8, 4) is 0 Å². The molecule has 72 valence electrons. The van der Waals surface area contributed by atoms with Crippen molar-refractivity contribution >= 4 is 42.9 Å². The van der Waals surface area contributed by atoms with E-state index < -0.39 is 24.8 Å². The molecule has 0 amide bonds. The number of rotatable bonds is 1. The molecule has 0 heterocycles. The van der Waals surface area contributed by atoms with Crippen molar-refractivity contribution in [2.24, 2.45) is 0 Å². The van der Waals surface area contributed by atoms with Gasteiger partial charge in [-0.05, 0) is 12.1 Å². The maximum Gasteiger partial charge on any atom is 0.265 e. The molecule has 1 aromatic rings. The lowest BCUT2D eigenvalue weighted by Gasteiger charge is -2.02. The van der Waals surface area contributed by atoms with Crippen LogP contribution in [0.3, 0.4) is 0 Å². The smallest absolute Gasteiger partial charge is 0.207 e. The fourth-order valence-corrected chi connectivity index (χ4v) is 2.60. The zero-order chi connectivity index (χ0) is 10.2. The Labute approximate surface area is 88.6 Å². The highest BCUT2D eigenvalue weighted by Crippen LogP contribution is 2.33. The Morgan fingerprint density at radius 1 is 1.23 bits per heavy atom. The molecule has 13 heavy (non-hydrogen) atoms. The molecule has 0 aliphatic heterocycles. The fraction of sp³-hybridized carbons (Fsp3) is 0. The monoisotopic (exact) mass is 262 g/mol. The highest BCUT2D eigenvalue weighted by atomic mass is 35.7. The number of benzene rings is 1. The maximum atomic E-state index is 12.9. The molecule has 0 bridgehead atoms. The highest BCUT2D eigenvalue weighted by Gasteiger charge is 2.22. The van der Waals surface area contributed by atoms with Gasteiger partial charge in [0, 0.05) is 10.7 Å². The van der Waals surface area contributed by atoms with Crippen molar-refractivity contribution in [3.05, 3.63) is 28.0 Å². The second kappa shape index (κ2) is 3.61. The summed E-state index contributed by atoms with van der Waals surface area (Å²) in [4.78, 5) is -0.789. The lowest BCUT2D eigenvalue weighted by atomic mass is 10.3. The zero-order valence-electron chi connectivity index (χ0n) is 5.89. The molecule has 0 spiro atoms. The summed E-state index contributed by atoms with van der Waals surface area (Å²) in [6.07, 6.45) is 0. The van der Waals surface area contributed by atoms with Gasteiger partial charge >= 0.3 is 0 Å². The first-order valence-corrected chi connectivity index (χ1v) is 5.98. The minimum atomic E-state index is -4.21. The van der Waals surface area contributed by atoms with Gasteiger partial charge in [-0.15, -0.1) is 0 Å². The van der Waals surface area contributed by atoms with E-state index in [4.69, 9.17) is 33.9 Å². The summed E-state index contributed by atoms with van der Waals surface area (Å²) < 4.78 is 34.5. The SMILES string of the molecule is O=S(=O)(Cl)c1c(F)ccc(Cl)c1Cl. The fourth-order valence-electron chi connectivity index (χ4n) is 0.732. The third-order valence-corrected chi connectivity index (χ3v) is 3.51. The quantitative estimate of drug-likeness (QED) is 0.576. The largest absolute Gasteiger partial charge is 0.265 e. The Hall–Kier alpha value is -0.0300. The second-order valence-corrected chi connectivity index (χ2v) is 5.40. The van der Waals surface area contributed by atoms with Crippen LogP contribution in [0.15, 0.2) is 17.0 Å². The van der Waals surface area contributed by atoms with Gasteiger partial charge in [0.2, 0.25) is 0 Å². The first kappa shape index (κ1) is 11.0. The van der Waals surface area contributed by atoms with E-state index in [1.165, 1.54) is 0 Å². The van der Waals surface area contributed by atoms with Crippen LogP contribution in [0.1, 0.15) is 0 Å². The topological polar surface area (TPSA) is 34.1 Å². The van der Waals surface area contributed by atoms with Gasteiger partial charge in [-0.25, -0.2) is 12.8 Å². The predicted octanol–water partition coefficient (Wildman–Crippen LogP) is 3.06. The zero-order valence-corrected chi connectivity index (χ0v) is 8.98. The molecule has 0 aliphatic carbocycles. The third kappa shape index (κ3) is 2.26. The van der Waals surface area contributed by atoms with E-state index in [9.17, 15) is 12.8 Å². The van der Waals surface area contributed by atoms with Gasteiger partial charge in [0.1, 0.15) is 10.7 Å². The van der Waals surface area contributed by atoms with E-state index in [1.54, 1.807) is 0 Å². The molecule has 0 aliphatic rings. The van der Waals surface area contributed by atoms with Gasteiger partial charge in [0.25, 0.3) is 9.05 Å². The van der Waals surface area contributed by atoms with Crippen molar-refractivity contribution < 1.29 is 12.8 Å². The molecule has 1 rings (SSSR count). The van der Waals surface area contributed by atoms with E-state index in [2.05, 4.69) is 0 Å². The molecular weight excluding hydrogens is 261 g/mol. The van der Waals surface area contributed by atoms with Crippen LogP contribution >= 0.6 is 33.9 Å². The maximum absolute atomic E-state index is 12.9. The third-order valence-electron chi connectivity index (χ3n) is 1.25. The molecule has 0 saturated heterocycles. The van der Waals surface area contributed by atoms with Gasteiger partial charge in [-0.3, -0.25) is 0 Å². The highest BCUT2D eigenvalue weighted by molar-refractivity contribution is 8.13. The van der Waals surface area contributed by atoms with Crippen molar-refractivity contribution in [2.75, 3.05) is 0 Å². The molecule has 0 N–H and O–H groups in total. The van der Waals surface area contributed by atoms with Crippen molar-refractivity contribution in [2.45, 2.75) is 4.90 Å². The lowest BCUT2D eigenvalue weighted by molar-refractivity contribution is 0.576. The molecule has 2 nitrogen and oxygen atoms in total. The summed E-state index contributed by atoms with van der Waals surface area (Å²) in [6, 6.07) is 2.02. The van der Waals surface area contributed by atoms with Crippen LogP contribution in [-0.2, 0) is 9.05 Å². The van der Waals surface area contributed by atoms with E-state index >= 15 is 0 Å². The number of halogens is 4. The molecular formula is C6H2Cl3FO2S. The molecule has 0 aromatic heterocycles. The Morgan fingerprint density at radius 3 is 2.15 bits per heavy atom. The number of hydrogen-bond donors (Lipinski definition) is 0.